The zero-order valence-corrected chi connectivity index (χ0v) is 52.0. The standard InChI is InChI=1S/C64H79F2N8O16P/c1-40(45-16-19-48(20-17-45)64(65,66)91(83,84)85)35-57(77)69-50-21-18-46-9-4-10-47-37-54(74(59(46)47)62(50)81)61(80)70-49(22-25-55(67)75)41(2)90-38-44-13-11-42(12-14-44)7-5-27-68-58(78)39-89-34-33-88-32-31-87-30-29-86-28-6-8-43-15-23-51-53(36-43)72(3)63(82)73(51)52-24-26-56(76)71-60(52)79/h4,9-17,19-20,23,35-36,41,49-50,52,54H,5-8,18,21-22,24-34,37-39H2,1-3H3,(H2,67,75)(H,68,78)(H,69,77)(H,70,80)(H,71,76,79)(H2,83,84,85)/b40-35+/t41-,49+,50+,52?,54+/m1/s1. The lowest BCUT2D eigenvalue weighted by molar-refractivity contribution is -0.136. The van der Waals surface area contributed by atoms with Crippen LogP contribution in [0.4, 0.5) is 14.5 Å². The molecule has 0 bridgehead atoms. The van der Waals surface area contributed by atoms with Crippen molar-refractivity contribution in [2.24, 2.45) is 12.8 Å². The van der Waals surface area contributed by atoms with E-state index in [4.69, 9.17) is 39.2 Å². The second-order valence-corrected chi connectivity index (χ2v) is 24.5. The summed E-state index contributed by atoms with van der Waals surface area (Å²) in [6, 6.07) is 19.7. The molecule has 1 unspecified atom stereocenters. The van der Waals surface area contributed by atoms with Crippen molar-refractivity contribution in [1.29, 1.82) is 0 Å². The molecule has 0 spiro atoms. The van der Waals surface area contributed by atoms with Crippen molar-refractivity contribution >= 4 is 71.2 Å². The quantitative estimate of drug-likeness (QED) is 0.0130. The molecule has 24 nitrogen and oxygen atoms in total. The van der Waals surface area contributed by atoms with E-state index in [0.29, 0.717) is 93.3 Å². The number of alkyl halides is 2. The smallest absolute Gasteiger partial charge is 0.379 e. The predicted molar refractivity (Wildman–Crippen MR) is 330 cm³/mol. The number of benzene rings is 4. The Labute approximate surface area is 524 Å². The topological polar surface area (TPSA) is 327 Å². The Bertz CT molecular complexity index is 3570. The highest BCUT2D eigenvalue weighted by molar-refractivity contribution is 7.52. The molecular weight excluding hydrogens is 1210 g/mol. The van der Waals surface area contributed by atoms with E-state index in [0.717, 1.165) is 52.8 Å². The Morgan fingerprint density at radius 2 is 1.46 bits per heavy atom. The number of para-hydroxylation sites is 1. The van der Waals surface area contributed by atoms with Crippen LogP contribution < -0.4 is 37.6 Å². The number of imide groups is 1. The van der Waals surface area contributed by atoms with Crippen molar-refractivity contribution in [2.75, 3.05) is 64.3 Å². The maximum Gasteiger partial charge on any atom is 0.399 e. The van der Waals surface area contributed by atoms with Crippen molar-refractivity contribution in [3.8, 4) is 0 Å². The molecule has 5 aromatic rings. The van der Waals surface area contributed by atoms with E-state index in [1.54, 1.807) is 14.0 Å². The molecule has 27 heteroatoms. The van der Waals surface area contributed by atoms with Gasteiger partial charge in [0.2, 0.25) is 41.4 Å². The number of primary amides is 1. The van der Waals surface area contributed by atoms with Gasteiger partial charge in [0.25, 0.3) is 0 Å². The van der Waals surface area contributed by atoms with E-state index in [2.05, 4.69) is 21.3 Å². The van der Waals surface area contributed by atoms with Gasteiger partial charge in [-0.3, -0.25) is 57.5 Å². The zero-order valence-electron chi connectivity index (χ0n) is 51.1. The molecule has 8 N–H and O–H groups in total. The Hall–Kier alpha value is -7.81. The molecule has 0 radical (unpaired) electrons. The summed E-state index contributed by atoms with van der Waals surface area (Å²) in [7, 11) is -4.12. The van der Waals surface area contributed by atoms with E-state index < -0.39 is 78.6 Å². The molecular formula is C64H79F2N8O16P. The number of imidazole rings is 1. The highest BCUT2D eigenvalue weighted by Gasteiger charge is 2.50. The van der Waals surface area contributed by atoms with Crippen molar-refractivity contribution < 1.29 is 80.4 Å². The van der Waals surface area contributed by atoms with Crippen LogP contribution in [-0.4, -0.2) is 144 Å². The van der Waals surface area contributed by atoms with E-state index in [1.165, 1.54) is 39.2 Å². The minimum atomic E-state index is -5.79. The van der Waals surface area contributed by atoms with Crippen molar-refractivity contribution in [3.63, 3.8) is 0 Å². The Morgan fingerprint density at radius 1 is 0.813 bits per heavy atom. The number of ether oxygens (including phenoxy) is 5. The largest absolute Gasteiger partial charge is 0.399 e. The molecule has 1 fully saturated rings. The van der Waals surface area contributed by atoms with Crippen LogP contribution in [0.3, 0.4) is 0 Å². The summed E-state index contributed by atoms with van der Waals surface area (Å²) in [5.41, 5.74) is 7.06. The molecule has 3 aliphatic rings. The molecule has 8 rings (SSSR count). The average Bonchev–Trinajstić information content (AvgIpc) is 1.64. The van der Waals surface area contributed by atoms with Gasteiger partial charge < -0.3 is 55.2 Å². The summed E-state index contributed by atoms with van der Waals surface area (Å²) in [4.78, 5) is 123. The normalized spacial score (nSPS) is 17.5. The number of rotatable bonds is 34. The number of anilines is 1. The highest BCUT2D eigenvalue weighted by atomic mass is 31.2. The lowest BCUT2D eigenvalue weighted by Gasteiger charge is -2.31. The number of hydrogen-bond donors (Lipinski definition) is 7. The molecule has 91 heavy (non-hydrogen) atoms. The maximum absolute atomic E-state index is 14.4. The van der Waals surface area contributed by atoms with Gasteiger partial charge in [-0.15, -0.1) is 0 Å². The third-order valence-corrected chi connectivity index (χ3v) is 17.3. The van der Waals surface area contributed by atoms with Crippen molar-refractivity contribution in [2.45, 2.75) is 127 Å². The molecule has 7 amide bonds. The van der Waals surface area contributed by atoms with E-state index in [1.807, 2.05) is 60.7 Å². The van der Waals surface area contributed by atoms with Crippen molar-refractivity contribution in [1.82, 2.24) is 30.4 Å². The van der Waals surface area contributed by atoms with Crippen LogP contribution in [0.25, 0.3) is 16.6 Å². The fraction of sp³-hybridized carbons (Fsp3) is 0.469. The molecule has 1 aromatic heterocycles. The number of nitrogens with zero attached hydrogens (tertiary/aromatic N) is 3. The SMILES string of the molecule is C/C(=C\C(=O)N[C@H]1CCc2cccc3c2N(C1=O)[C@H](C(=O)N[C@@H](CCC(N)=O)[C@@H](C)OCc1ccc(CCCNC(=O)COCCOCCOCCOCCCc2ccc4c(c2)n(C)c(=O)n4C2CCC(=O)NC2=O)cc1)C3)c1ccc(C(F)(F)P(=O)(O)O)cc1. The summed E-state index contributed by atoms with van der Waals surface area (Å²) < 4.78 is 71.4. The first kappa shape index (κ1) is 69.1. The number of fused-ring (bicyclic) bond motifs is 1. The van der Waals surface area contributed by atoms with Crippen LogP contribution >= 0.6 is 7.60 Å². The molecule has 490 valence electrons. The van der Waals surface area contributed by atoms with Gasteiger partial charge in [0, 0.05) is 51.1 Å². The van der Waals surface area contributed by atoms with Gasteiger partial charge in [-0.1, -0.05) is 72.8 Å². The number of allylic oxidation sites excluding steroid dienone is 1. The van der Waals surface area contributed by atoms with Gasteiger partial charge in [-0.25, -0.2) is 4.79 Å². The number of nitrogens with one attached hydrogen (secondary N) is 4. The number of piperidine rings is 1. The number of aromatic nitrogens is 2. The van der Waals surface area contributed by atoms with Crippen LogP contribution in [0.5, 0.6) is 0 Å². The van der Waals surface area contributed by atoms with Gasteiger partial charge in [-0.05, 0) is 116 Å². The number of carbonyl (C=O) groups excluding carboxylic acids is 7. The summed E-state index contributed by atoms with van der Waals surface area (Å²) in [6.45, 7) is 6.42. The molecule has 4 heterocycles. The Morgan fingerprint density at radius 3 is 2.14 bits per heavy atom. The predicted octanol–water partition coefficient (Wildman–Crippen LogP) is 4.44. The fourth-order valence-electron chi connectivity index (χ4n) is 11.3. The summed E-state index contributed by atoms with van der Waals surface area (Å²) in [5, 5.41) is 11.0. The number of aryl methyl sites for hydroxylation is 4. The minimum Gasteiger partial charge on any atom is -0.379 e. The third kappa shape index (κ3) is 18.2. The number of carbonyl (C=O) groups is 7. The lowest BCUT2D eigenvalue weighted by atomic mass is 10.0. The van der Waals surface area contributed by atoms with Crippen LogP contribution in [0, 0.1) is 0 Å². The second kappa shape index (κ2) is 32.0. The molecule has 1 saturated heterocycles. The first-order chi connectivity index (χ1) is 43.5. The highest BCUT2D eigenvalue weighted by Crippen LogP contribution is 2.59. The first-order valence-electron chi connectivity index (χ1n) is 30.4. The van der Waals surface area contributed by atoms with Gasteiger partial charge in [0.05, 0.1) is 75.1 Å². The Kier molecular flexibility index (Phi) is 24.3. The van der Waals surface area contributed by atoms with Gasteiger partial charge in [0.1, 0.15) is 24.7 Å². The molecule has 4 aromatic carbocycles. The van der Waals surface area contributed by atoms with E-state index >= 15 is 0 Å². The average molecular weight is 1290 g/mol. The van der Waals surface area contributed by atoms with Gasteiger partial charge in [-0.2, -0.15) is 8.78 Å². The number of amides is 7. The van der Waals surface area contributed by atoms with Crippen LogP contribution in [0.15, 0.2) is 95.8 Å². The third-order valence-electron chi connectivity index (χ3n) is 16.3. The van der Waals surface area contributed by atoms with Crippen LogP contribution in [0.2, 0.25) is 0 Å². The molecule has 0 aliphatic carbocycles. The molecule has 0 saturated carbocycles. The second-order valence-electron chi connectivity index (χ2n) is 22.8. The van der Waals surface area contributed by atoms with Gasteiger partial charge in [0.15, 0.2) is 0 Å². The lowest BCUT2D eigenvalue weighted by Crippen LogP contribution is -2.56. The zero-order chi connectivity index (χ0) is 65.4. The van der Waals surface area contributed by atoms with Crippen LogP contribution in [-0.2, 0) is 107 Å². The monoisotopic (exact) mass is 1280 g/mol. The number of halogens is 2. The van der Waals surface area contributed by atoms with Gasteiger partial charge >= 0.3 is 18.9 Å². The molecule has 5 atom stereocenters. The summed E-state index contributed by atoms with van der Waals surface area (Å²) in [5.74, 6) is -3.29. The minimum absolute atomic E-state index is 0.0524. The first-order valence-corrected chi connectivity index (χ1v) is 32.0. The summed E-state index contributed by atoms with van der Waals surface area (Å²) >= 11 is 0. The van der Waals surface area contributed by atoms with Crippen LogP contribution in [0.1, 0.15) is 104 Å². The number of nitrogens with two attached hydrogens (primary N) is 1. The van der Waals surface area contributed by atoms with E-state index in [-0.39, 0.29) is 75.8 Å². The number of hydrogen-bond acceptors (Lipinski definition) is 14. The maximum atomic E-state index is 14.4. The van der Waals surface area contributed by atoms with E-state index in [9.17, 15) is 51.7 Å². The molecule has 3 aliphatic heterocycles. The fourth-order valence-corrected chi connectivity index (χ4v) is 11.8. The Balaban J connectivity index is 0.683. The van der Waals surface area contributed by atoms with Crippen molar-refractivity contribution in [3.05, 3.63) is 140 Å². The summed E-state index contributed by atoms with van der Waals surface area (Å²) in [6.07, 6.45) is 4.80.